The van der Waals surface area contributed by atoms with Gasteiger partial charge in [-0.05, 0) is 50.8 Å². The molecule has 1 fully saturated rings. The Labute approximate surface area is 112 Å². The van der Waals surface area contributed by atoms with E-state index in [0.29, 0.717) is 12.3 Å². The molecule has 0 spiro atoms. The zero-order chi connectivity index (χ0) is 13.1. The third kappa shape index (κ3) is 3.56. The van der Waals surface area contributed by atoms with E-state index < -0.39 is 5.97 Å². The predicted molar refractivity (Wildman–Crippen MR) is 74.0 cm³/mol. The predicted octanol–water partition coefficient (Wildman–Crippen LogP) is 3.05. The van der Waals surface area contributed by atoms with Crippen molar-refractivity contribution >= 4 is 17.3 Å². The van der Waals surface area contributed by atoms with Gasteiger partial charge in [0.25, 0.3) is 0 Å². The van der Waals surface area contributed by atoms with Crippen LogP contribution in [-0.2, 0) is 11.3 Å². The summed E-state index contributed by atoms with van der Waals surface area (Å²) in [5, 5.41) is 8.70. The van der Waals surface area contributed by atoms with Crippen molar-refractivity contribution < 1.29 is 9.90 Å². The fraction of sp³-hybridized carbons (Fsp3) is 0.643. The maximum absolute atomic E-state index is 10.6. The first-order valence-corrected chi connectivity index (χ1v) is 7.36. The van der Waals surface area contributed by atoms with Gasteiger partial charge in [0.1, 0.15) is 0 Å². The molecular formula is C14H21NO2S. The normalized spacial score (nSPS) is 20.4. The lowest BCUT2D eigenvalue weighted by atomic mass is 10.0. The molecule has 0 radical (unpaired) electrons. The molecule has 1 aliphatic rings. The molecule has 2 rings (SSSR count). The van der Waals surface area contributed by atoms with E-state index in [1.54, 1.807) is 0 Å². The van der Waals surface area contributed by atoms with Crippen LogP contribution < -0.4 is 0 Å². The first-order valence-electron chi connectivity index (χ1n) is 6.54. The summed E-state index contributed by atoms with van der Waals surface area (Å²) in [6, 6.07) is 2.28. The second-order valence-corrected chi connectivity index (χ2v) is 6.72. The number of nitrogens with zero attached hydrogens (tertiary/aromatic N) is 1. The minimum absolute atomic E-state index is 0.315. The minimum Gasteiger partial charge on any atom is -0.481 e. The Morgan fingerprint density at radius 2 is 2.33 bits per heavy atom. The van der Waals surface area contributed by atoms with Crippen molar-refractivity contribution in [3.05, 3.63) is 21.4 Å². The maximum Gasteiger partial charge on any atom is 0.303 e. The molecule has 1 unspecified atom stereocenters. The average Bonchev–Trinajstić information content (AvgIpc) is 2.84. The summed E-state index contributed by atoms with van der Waals surface area (Å²) < 4.78 is 0. The molecule has 0 aromatic carbocycles. The summed E-state index contributed by atoms with van der Waals surface area (Å²) in [6.45, 7) is 7.53. The van der Waals surface area contributed by atoms with Gasteiger partial charge in [-0.3, -0.25) is 9.69 Å². The van der Waals surface area contributed by atoms with Gasteiger partial charge in [-0.1, -0.05) is 0 Å². The fourth-order valence-corrected chi connectivity index (χ4v) is 3.64. The highest BCUT2D eigenvalue weighted by Crippen LogP contribution is 2.26. The van der Waals surface area contributed by atoms with Crippen LogP contribution in [0.3, 0.4) is 0 Å². The summed E-state index contributed by atoms with van der Waals surface area (Å²) in [4.78, 5) is 15.8. The van der Waals surface area contributed by atoms with Crippen LogP contribution in [0.25, 0.3) is 0 Å². The van der Waals surface area contributed by atoms with Crippen molar-refractivity contribution in [2.75, 3.05) is 13.1 Å². The van der Waals surface area contributed by atoms with Crippen LogP contribution in [0.2, 0.25) is 0 Å². The Morgan fingerprint density at radius 1 is 1.56 bits per heavy atom. The minimum atomic E-state index is -0.669. The number of aliphatic carboxylic acids is 1. The first-order chi connectivity index (χ1) is 8.54. The van der Waals surface area contributed by atoms with Gasteiger partial charge in [0.15, 0.2) is 0 Å². The molecule has 0 amide bonds. The van der Waals surface area contributed by atoms with Crippen molar-refractivity contribution in [2.45, 2.75) is 39.7 Å². The van der Waals surface area contributed by atoms with E-state index in [2.05, 4.69) is 24.8 Å². The number of hydrogen-bond donors (Lipinski definition) is 1. The van der Waals surface area contributed by atoms with Gasteiger partial charge in [-0.15, -0.1) is 11.3 Å². The number of aryl methyl sites for hydroxylation is 2. The molecular weight excluding hydrogens is 246 g/mol. The summed E-state index contributed by atoms with van der Waals surface area (Å²) in [6.07, 6.45) is 2.29. The highest BCUT2D eigenvalue weighted by molar-refractivity contribution is 7.12. The van der Waals surface area contributed by atoms with Crippen LogP contribution in [0.4, 0.5) is 0 Å². The van der Waals surface area contributed by atoms with Crippen LogP contribution in [0, 0.1) is 19.8 Å². The molecule has 0 saturated carbocycles. The van der Waals surface area contributed by atoms with E-state index in [9.17, 15) is 4.79 Å². The molecule has 0 aliphatic carbocycles. The largest absolute Gasteiger partial charge is 0.481 e. The standard InChI is InChI=1S/C14H21NO2S/c1-10-7-13(11(2)18-10)9-15-6-5-12(8-15)3-4-14(16)17/h7,12H,3-6,8-9H2,1-2H3,(H,16,17). The van der Waals surface area contributed by atoms with E-state index in [4.69, 9.17) is 5.11 Å². The Kier molecular flexibility index (Phi) is 4.40. The number of likely N-dealkylation sites (tertiary alicyclic amines) is 1. The molecule has 0 bridgehead atoms. The molecule has 18 heavy (non-hydrogen) atoms. The van der Waals surface area contributed by atoms with Crippen LogP contribution in [0.15, 0.2) is 6.07 Å². The van der Waals surface area contributed by atoms with E-state index in [1.165, 1.54) is 15.3 Å². The SMILES string of the molecule is Cc1cc(CN2CCC(CCC(=O)O)C2)c(C)s1. The zero-order valence-electron chi connectivity index (χ0n) is 11.1. The number of carbonyl (C=O) groups is 1. The molecule has 1 aromatic heterocycles. The number of rotatable bonds is 5. The molecule has 1 N–H and O–H groups in total. The van der Waals surface area contributed by atoms with E-state index in [0.717, 1.165) is 32.5 Å². The maximum atomic E-state index is 10.6. The van der Waals surface area contributed by atoms with Crippen molar-refractivity contribution in [3.8, 4) is 0 Å². The Morgan fingerprint density at radius 3 is 2.94 bits per heavy atom. The molecule has 1 aliphatic heterocycles. The van der Waals surface area contributed by atoms with Crippen LogP contribution >= 0.6 is 11.3 Å². The second kappa shape index (κ2) is 5.85. The van der Waals surface area contributed by atoms with Crippen LogP contribution in [0.1, 0.15) is 34.6 Å². The highest BCUT2D eigenvalue weighted by atomic mass is 32.1. The number of hydrogen-bond acceptors (Lipinski definition) is 3. The van der Waals surface area contributed by atoms with Crippen molar-refractivity contribution in [1.29, 1.82) is 0 Å². The van der Waals surface area contributed by atoms with Gasteiger partial charge in [0.05, 0.1) is 0 Å². The van der Waals surface area contributed by atoms with Gasteiger partial charge >= 0.3 is 5.97 Å². The summed E-state index contributed by atoms with van der Waals surface area (Å²) in [5.41, 5.74) is 1.44. The Hall–Kier alpha value is -0.870. The highest BCUT2D eigenvalue weighted by Gasteiger charge is 2.23. The summed E-state index contributed by atoms with van der Waals surface area (Å²) >= 11 is 1.86. The molecule has 1 aromatic rings. The van der Waals surface area contributed by atoms with E-state index >= 15 is 0 Å². The lowest BCUT2D eigenvalue weighted by Crippen LogP contribution is -2.20. The van der Waals surface area contributed by atoms with Gasteiger partial charge in [0.2, 0.25) is 0 Å². The van der Waals surface area contributed by atoms with Crippen molar-refractivity contribution in [2.24, 2.45) is 5.92 Å². The quantitative estimate of drug-likeness (QED) is 0.891. The van der Waals surface area contributed by atoms with E-state index in [1.807, 2.05) is 11.3 Å². The summed E-state index contributed by atoms with van der Waals surface area (Å²) in [7, 11) is 0. The van der Waals surface area contributed by atoms with Crippen molar-refractivity contribution in [1.82, 2.24) is 4.90 Å². The van der Waals surface area contributed by atoms with Gasteiger partial charge in [-0.25, -0.2) is 0 Å². The van der Waals surface area contributed by atoms with E-state index in [-0.39, 0.29) is 0 Å². The monoisotopic (exact) mass is 267 g/mol. The summed E-state index contributed by atoms with van der Waals surface area (Å²) in [5.74, 6) is -0.0982. The van der Waals surface area contributed by atoms with Crippen LogP contribution in [0.5, 0.6) is 0 Å². The third-order valence-corrected chi connectivity index (χ3v) is 4.68. The number of carboxylic acid groups (broad SMARTS) is 1. The van der Waals surface area contributed by atoms with Gasteiger partial charge < -0.3 is 5.11 Å². The lowest BCUT2D eigenvalue weighted by Gasteiger charge is -2.15. The average molecular weight is 267 g/mol. The molecule has 4 heteroatoms. The number of thiophene rings is 1. The lowest BCUT2D eigenvalue weighted by molar-refractivity contribution is -0.137. The first kappa shape index (κ1) is 13.6. The topological polar surface area (TPSA) is 40.5 Å². The Balaban J connectivity index is 1.82. The molecule has 1 saturated heterocycles. The molecule has 1 atom stereocenters. The smallest absolute Gasteiger partial charge is 0.303 e. The van der Waals surface area contributed by atoms with Crippen LogP contribution in [-0.4, -0.2) is 29.1 Å². The van der Waals surface area contributed by atoms with Gasteiger partial charge in [0, 0.05) is 29.3 Å². The molecule has 2 heterocycles. The molecule has 3 nitrogen and oxygen atoms in total. The number of carboxylic acids is 1. The van der Waals surface area contributed by atoms with Crippen molar-refractivity contribution in [3.63, 3.8) is 0 Å². The Bertz CT molecular complexity index is 427. The fourth-order valence-electron chi connectivity index (χ4n) is 2.70. The second-order valence-electron chi connectivity index (χ2n) is 5.26. The van der Waals surface area contributed by atoms with Gasteiger partial charge in [-0.2, -0.15) is 0 Å². The molecule has 100 valence electrons. The zero-order valence-corrected chi connectivity index (χ0v) is 11.9. The third-order valence-electron chi connectivity index (χ3n) is 3.67.